The zero-order valence-electron chi connectivity index (χ0n) is 15.9. The maximum atomic E-state index is 12.6. The SMILES string of the molecule is COC(=O)[C@@H]1[C@H](C(=O)OC)[C@@H]2C=C[C@@H]1C2=C(c1ccccc1)c1ccccc1. The molecule has 0 unspecified atom stereocenters. The number of hydrogen-bond acceptors (Lipinski definition) is 4. The van der Waals surface area contributed by atoms with E-state index in [4.69, 9.17) is 9.47 Å². The Morgan fingerprint density at radius 2 is 1.07 bits per heavy atom. The summed E-state index contributed by atoms with van der Waals surface area (Å²) in [5, 5.41) is 0. The van der Waals surface area contributed by atoms with Crippen molar-refractivity contribution in [1.29, 1.82) is 0 Å². The number of benzene rings is 2. The van der Waals surface area contributed by atoms with Crippen molar-refractivity contribution in [2.24, 2.45) is 23.7 Å². The fourth-order valence-corrected chi connectivity index (χ4v) is 4.64. The molecule has 28 heavy (non-hydrogen) atoms. The highest BCUT2D eigenvalue weighted by molar-refractivity contribution is 5.91. The van der Waals surface area contributed by atoms with Crippen LogP contribution in [0.5, 0.6) is 0 Å². The molecule has 0 N–H and O–H groups in total. The third kappa shape index (κ3) is 2.85. The minimum Gasteiger partial charge on any atom is -0.469 e. The van der Waals surface area contributed by atoms with Crippen molar-refractivity contribution in [2.75, 3.05) is 14.2 Å². The molecule has 1 fully saturated rings. The monoisotopic (exact) mass is 374 g/mol. The van der Waals surface area contributed by atoms with Gasteiger partial charge in [-0.1, -0.05) is 72.8 Å². The molecule has 2 aromatic carbocycles. The smallest absolute Gasteiger partial charge is 0.310 e. The van der Waals surface area contributed by atoms with Crippen molar-refractivity contribution in [1.82, 2.24) is 0 Å². The maximum Gasteiger partial charge on any atom is 0.310 e. The van der Waals surface area contributed by atoms with Gasteiger partial charge in [-0.15, -0.1) is 0 Å². The summed E-state index contributed by atoms with van der Waals surface area (Å²) in [6.07, 6.45) is 4.07. The molecule has 0 amide bonds. The first-order valence-corrected chi connectivity index (χ1v) is 9.36. The van der Waals surface area contributed by atoms with E-state index in [0.29, 0.717) is 0 Å². The third-order valence-electron chi connectivity index (χ3n) is 5.77. The molecule has 142 valence electrons. The van der Waals surface area contributed by atoms with E-state index in [1.807, 2.05) is 48.6 Å². The Bertz CT molecular complexity index is 868. The lowest BCUT2D eigenvalue weighted by Crippen LogP contribution is -2.34. The van der Waals surface area contributed by atoms with Crippen LogP contribution in [-0.2, 0) is 19.1 Å². The molecule has 2 bridgehead atoms. The zero-order chi connectivity index (χ0) is 19.7. The molecule has 2 aliphatic rings. The molecule has 4 rings (SSSR count). The first-order valence-electron chi connectivity index (χ1n) is 9.36. The van der Waals surface area contributed by atoms with E-state index in [-0.39, 0.29) is 23.8 Å². The van der Waals surface area contributed by atoms with Gasteiger partial charge in [0.25, 0.3) is 0 Å². The van der Waals surface area contributed by atoms with Crippen molar-refractivity contribution in [3.8, 4) is 0 Å². The molecular formula is C24H22O4. The van der Waals surface area contributed by atoms with Gasteiger partial charge >= 0.3 is 11.9 Å². The molecule has 0 aromatic heterocycles. The average molecular weight is 374 g/mol. The standard InChI is InChI=1S/C24H22O4/c1-27-23(25)21-17-13-14-18(22(21)24(26)28-2)20(17)19(15-9-5-3-6-10-15)16-11-7-4-8-12-16/h3-14,17-18,21-22H,1-2H3/t17-,18-,21-,22+/m1/s1. The normalized spacial score (nSPS) is 24.9. The van der Waals surface area contributed by atoms with E-state index >= 15 is 0 Å². The van der Waals surface area contributed by atoms with Crippen molar-refractivity contribution < 1.29 is 19.1 Å². The van der Waals surface area contributed by atoms with Crippen LogP contribution in [-0.4, -0.2) is 26.2 Å². The second-order valence-corrected chi connectivity index (χ2v) is 7.10. The van der Waals surface area contributed by atoms with Crippen LogP contribution in [0.1, 0.15) is 11.1 Å². The van der Waals surface area contributed by atoms with E-state index in [9.17, 15) is 9.59 Å². The summed E-state index contributed by atoms with van der Waals surface area (Å²) in [7, 11) is 2.73. The number of fused-ring (bicyclic) bond motifs is 2. The van der Waals surface area contributed by atoms with Crippen molar-refractivity contribution in [3.63, 3.8) is 0 Å². The average Bonchev–Trinajstić information content (AvgIpc) is 3.30. The summed E-state index contributed by atoms with van der Waals surface area (Å²) in [5.41, 5.74) is 4.29. The van der Waals surface area contributed by atoms with Crippen LogP contribution in [0.15, 0.2) is 78.4 Å². The largest absolute Gasteiger partial charge is 0.469 e. The molecule has 4 nitrogen and oxygen atoms in total. The number of carbonyl (C=O) groups excluding carboxylic acids is 2. The second kappa shape index (κ2) is 7.47. The van der Waals surface area contributed by atoms with Gasteiger partial charge in [-0.25, -0.2) is 0 Å². The van der Waals surface area contributed by atoms with Crippen LogP contribution < -0.4 is 0 Å². The summed E-state index contributed by atoms with van der Waals surface area (Å²) < 4.78 is 10.1. The number of methoxy groups -OCH3 is 2. The summed E-state index contributed by atoms with van der Waals surface area (Å²) in [5.74, 6) is -2.24. The maximum absolute atomic E-state index is 12.6. The molecule has 0 radical (unpaired) electrons. The molecule has 0 spiro atoms. The van der Waals surface area contributed by atoms with Gasteiger partial charge in [-0.3, -0.25) is 9.59 Å². The molecule has 0 aliphatic heterocycles. The third-order valence-corrected chi connectivity index (χ3v) is 5.77. The van der Waals surface area contributed by atoms with Crippen LogP contribution >= 0.6 is 0 Å². The number of esters is 2. The number of carbonyl (C=O) groups is 2. The summed E-state index contributed by atoms with van der Waals surface area (Å²) >= 11 is 0. The number of hydrogen-bond donors (Lipinski definition) is 0. The molecule has 1 saturated carbocycles. The first-order chi connectivity index (χ1) is 13.7. The lowest BCUT2D eigenvalue weighted by atomic mass is 9.83. The molecule has 4 atom stereocenters. The molecule has 0 saturated heterocycles. The Morgan fingerprint density at radius 3 is 1.43 bits per heavy atom. The number of ether oxygens (including phenoxy) is 2. The molecule has 2 aromatic rings. The Kier molecular flexibility index (Phi) is 4.86. The van der Waals surface area contributed by atoms with Crippen molar-refractivity contribution in [2.45, 2.75) is 0 Å². The fourth-order valence-electron chi connectivity index (χ4n) is 4.64. The van der Waals surface area contributed by atoms with Gasteiger partial charge in [-0.2, -0.15) is 0 Å². The first kappa shape index (κ1) is 18.2. The summed E-state index contributed by atoms with van der Waals surface area (Å²) in [4.78, 5) is 25.2. The van der Waals surface area contributed by atoms with E-state index in [0.717, 1.165) is 22.3 Å². The number of rotatable bonds is 4. The van der Waals surface area contributed by atoms with Crippen LogP contribution in [0.3, 0.4) is 0 Å². The van der Waals surface area contributed by atoms with Crippen LogP contribution in [0, 0.1) is 23.7 Å². The number of allylic oxidation sites excluding steroid dienone is 3. The van der Waals surface area contributed by atoms with Gasteiger partial charge in [0.15, 0.2) is 0 Å². The van der Waals surface area contributed by atoms with Crippen LogP contribution in [0.2, 0.25) is 0 Å². The van der Waals surface area contributed by atoms with Gasteiger partial charge in [0.05, 0.1) is 26.1 Å². The van der Waals surface area contributed by atoms with Crippen molar-refractivity contribution >= 4 is 17.5 Å². The van der Waals surface area contributed by atoms with Crippen LogP contribution in [0.4, 0.5) is 0 Å². The van der Waals surface area contributed by atoms with E-state index in [2.05, 4.69) is 24.3 Å². The van der Waals surface area contributed by atoms with E-state index < -0.39 is 11.8 Å². The van der Waals surface area contributed by atoms with Crippen LogP contribution in [0.25, 0.3) is 5.57 Å². The zero-order valence-corrected chi connectivity index (χ0v) is 15.9. The van der Waals surface area contributed by atoms with Gasteiger partial charge in [-0.05, 0) is 22.3 Å². The Labute approximate surface area is 164 Å². The van der Waals surface area contributed by atoms with E-state index in [1.54, 1.807) is 0 Å². The molecule has 4 heteroatoms. The topological polar surface area (TPSA) is 52.6 Å². The highest BCUT2D eigenvalue weighted by Crippen LogP contribution is 2.55. The van der Waals surface area contributed by atoms with Gasteiger partial charge in [0.2, 0.25) is 0 Å². The predicted octanol–water partition coefficient (Wildman–Crippen LogP) is 3.88. The second-order valence-electron chi connectivity index (χ2n) is 7.10. The highest BCUT2D eigenvalue weighted by atomic mass is 16.5. The Morgan fingerprint density at radius 1 is 0.679 bits per heavy atom. The predicted molar refractivity (Wildman–Crippen MR) is 106 cm³/mol. The fraction of sp³-hybridized carbons (Fsp3) is 0.250. The highest BCUT2D eigenvalue weighted by Gasteiger charge is 2.56. The van der Waals surface area contributed by atoms with Gasteiger partial charge < -0.3 is 9.47 Å². The minimum atomic E-state index is -0.565. The van der Waals surface area contributed by atoms with Gasteiger partial charge in [0.1, 0.15) is 0 Å². The Hall–Kier alpha value is -3.14. The van der Waals surface area contributed by atoms with Crippen molar-refractivity contribution in [3.05, 3.63) is 89.5 Å². The summed E-state index contributed by atoms with van der Waals surface area (Å²) in [6.45, 7) is 0. The quantitative estimate of drug-likeness (QED) is 0.602. The lowest BCUT2D eigenvalue weighted by molar-refractivity contribution is -0.158. The molecule has 2 aliphatic carbocycles. The molecule has 0 heterocycles. The minimum absolute atomic E-state index is 0.183. The molecular weight excluding hydrogens is 352 g/mol. The van der Waals surface area contributed by atoms with E-state index in [1.165, 1.54) is 14.2 Å². The lowest BCUT2D eigenvalue weighted by Gasteiger charge is -2.22. The van der Waals surface area contributed by atoms with Gasteiger partial charge in [0, 0.05) is 11.8 Å². The Balaban J connectivity index is 1.95. The summed E-state index contributed by atoms with van der Waals surface area (Å²) in [6, 6.07) is 20.2.